The van der Waals surface area contributed by atoms with Gasteiger partial charge in [0.25, 0.3) is 0 Å². The molecular weight excluding hydrogens is 286 g/mol. The third-order valence-corrected chi connectivity index (χ3v) is 4.67. The summed E-state index contributed by atoms with van der Waals surface area (Å²) in [5.41, 5.74) is 6.06. The molecule has 0 aliphatic carbocycles. The van der Waals surface area contributed by atoms with Crippen molar-refractivity contribution in [3.8, 4) is 11.5 Å². The highest BCUT2D eigenvalue weighted by atomic mass is 32.2. The first-order valence-corrected chi connectivity index (χ1v) is 8.32. The van der Waals surface area contributed by atoms with Crippen LogP contribution in [0.4, 0.5) is 5.13 Å². The Balaban J connectivity index is 2.15. The van der Waals surface area contributed by atoms with E-state index in [0.717, 1.165) is 0 Å². The molecule has 0 fully saturated rings. The van der Waals surface area contributed by atoms with Crippen LogP contribution in [0.1, 0.15) is 19.1 Å². The van der Waals surface area contributed by atoms with Crippen LogP contribution < -0.4 is 10.5 Å². The van der Waals surface area contributed by atoms with Gasteiger partial charge in [0.05, 0.1) is 12.3 Å². The van der Waals surface area contributed by atoms with Gasteiger partial charge in [0.2, 0.25) is 10.0 Å². The fourth-order valence-electron chi connectivity index (χ4n) is 1.51. The molecule has 0 saturated carbocycles. The van der Waals surface area contributed by atoms with Crippen LogP contribution in [0.25, 0.3) is 11.5 Å². The highest BCUT2D eigenvalue weighted by Gasteiger charge is 2.13. The average molecular weight is 301 g/mol. The standard InChI is InChI=1S/C11H15N3O3S2/c1-2-5-19(15,16)14-11-13-9(7-18-11)10-4-3-8(6-12)17-10/h3-4,7H,2,5-6,12H2,1H3,(H,13,14). The van der Waals surface area contributed by atoms with Crippen molar-refractivity contribution in [1.29, 1.82) is 0 Å². The van der Waals surface area contributed by atoms with Gasteiger partial charge >= 0.3 is 0 Å². The Morgan fingerprint density at radius 3 is 2.89 bits per heavy atom. The third-order valence-electron chi connectivity index (χ3n) is 2.34. The molecule has 0 atom stereocenters. The van der Waals surface area contributed by atoms with Gasteiger partial charge in [-0.2, -0.15) is 0 Å². The van der Waals surface area contributed by atoms with E-state index in [-0.39, 0.29) is 5.75 Å². The molecule has 2 heterocycles. The maximum atomic E-state index is 11.6. The first kappa shape index (κ1) is 14.0. The van der Waals surface area contributed by atoms with Crippen molar-refractivity contribution in [3.05, 3.63) is 23.3 Å². The first-order chi connectivity index (χ1) is 9.04. The number of nitrogens with two attached hydrogens (primary N) is 1. The van der Waals surface area contributed by atoms with Crippen LogP contribution in [0, 0.1) is 0 Å². The summed E-state index contributed by atoms with van der Waals surface area (Å²) < 4.78 is 31.1. The van der Waals surface area contributed by atoms with Crippen LogP contribution in [0.2, 0.25) is 0 Å². The van der Waals surface area contributed by atoms with Crippen molar-refractivity contribution in [2.75, 3.05) is 10.5 Å². The van der Waals surface area contributed by atoms with E-state index in [0.29, 0.717) is 35.3 Å². The number of furan rings is 1. The minimum Gasteiger partial charge on any atom is -0.458 e. The fourth-order valence-corrected chi connectivity index (χ4v) is 3.58. The molecule has 0 aliphatic heterocycles. The van der Waals surface area contributed by atoms with Gasteiger partial charge < -0.3 is 10.2 Å². The Hall–Kier alpha value is -1.38. The maximum Gasteiger partial charge on any atom is 0.234 e. The number of hydrogen-bond donors (Lipinski definition) is 2. The lowest BCUT2D eigenvalue weighted by Crippen LogP contribution is -2.15. The number of sulfonamides is 1. The topological polar surface area (TPSA) is 98.2 Å². The summed E-state index contributed by atoms with van der Waals surface area (Å²) in [6.45, 7) is 2.13. The molecule has 0 aromatic carbocycles. The molecule has 0 unspecified atom stereocenters. The SMILES string of the molecule is CCCS(=O)(=O)Nc1nc(-c2ccc(CN)o2)cs1. The van der Waals surface area contributed by atoms with E-state index in [9.17, 15) is 8.42 Å². The van der Waals surface area contributed by atoms with Crippen LogP contribution in [0.5, 0.6) is 0 Å². The molecule has 6 nitrogen and oxygen atoms in total. The van der Waals surface area contributed by atoms with Crippen LogP contribution in [0.15, 0.2) is 21.9 Å². The third kappa shape index (κ3) is 3.55. The Labute approximate surface area is 115 Å². The van der Waals surface area contributed by atoms with E-state index < -0.39 is 10.0 Å². The summed E-state index contributed by atoms with van der Waals surface area (Å²) in [6.07, 6.45) is 0.561. The minimum atomic E-state index is -3.31. The smallest absolute Gasteiger partial charge is 0.234 e. The van der Waals surface area contributed by atoms with Gasteiger partial charge in [-0.15, -0.1) is 11.3 Å². The van der Waals surface area contributed by atoms with Gasteiger partial charge in [0.1, 0.15) is 11.5 Å². The van der Waals surface area contributed by atoms with Crippen molar-refractivity contribution in [2.24, 2.45) is 5.73 Å². The van der Waals surface area contributed by atoms with E-state index in [1.165, 1.54) is 11.3 Å². The highest BCUT2D eigenvalue weighted by Crippen LogP contribution is 2.27. The highest BCUT2D eigenvalue weighted by molar-refractivity contribution is 7.92. The van der Waals surface area contributed by atoms with Crippen LogP contribution in [-0.2, 0) is 16.6 Å². The predicted octanol–water partition coefficient (Wildman–Crippen LogP) is 2.01. The quantitative estimate of drug-likeness (QED) is 0.850. The minimum absolute atomic E-state index is 0.0833. The summed E-state index contributed by atoms with van der Waals surface area (Å²) in [5, 5.41) is 2.08. The largest absolute Gasteiger partial charge is 0.458 e. The van der Waals surface area contributed by atoms with E-state index in [2.05, 4.69) is 9.71 Å². The van der Waals surface area contributed by atoms with Crippen LogP contribution in [0.3, 0.4) is 0 Å². The maximum absolute atomic E-state index is 11.6. The summed E-state index contributed by atoms with van der Waals surface area (Å²) in [7, 11) is -3.31. The van der Waals surface area contributed by atoms with Crippen LogP contribution >= 0.6 is 11.3 Å². The summed E-state index contributed by atoms with van der Waals surface area (Å²) in [6, 6.07) is 3.54. The number of hydrogen-bond acceptors (Lipinski definition) is 6. The molecular formula is C11H15N3O3S2. The number of rotatable bonds is 6. The number of nitrogens with zero attached hydrogens (tertiary/aromatic N) is 1. The average Bonchev–Trinajstić information content (AvgIpc) is 2.96. The normalized spacial score (nSPS) is 11.7. The molecule has 0 bridgehead atoms. The van der Waals surface area contributed by atoms with Crippen molar-refractivity contribution in [2.45, 2.75) is 19.9 Å². The van der Waals surface area contributed by atoms with Gasteiger partial charge in [-0.1, -0.05) is 6.92 Å². The molecule has 2 aromatic rings. The molecule has 0 aliphatic rings. The molecule has 0 spiro atoms. The zero-order valence-corrected chi connectivity index (χ0v) is 12.1. The summed E-state index contributed by atoms with van der Waals surface area (Å²) in [4.78, 5) is 4.19. The molecule has 8 heteroatoms. The number of thiazole rings is 1. The molecule has 3 N–H and O–H groups in total. The van der Waals surface area contributed by atoms with Crippen molar-refractivity contribution < 1.29 is 12.8 Å². The zero-order chi connectivity index (χ0) is 13.9. The van der Waals surface area contributed by atoms with E-state index in [4.69, 9.17) is 10.2 Å². The van der Waals surface area contributed by atoms with Gasteiger partial charge in [0.15, 0.2) is 10.9 Å². The first-order valence-electron chi connectivity index (χ1n) is 5.79. The second-order valence-corrected chi connectivity index (χ2v) is 6.63. The summed E-state index contributed by atoms with van der Waals surface area (Å²) in [5.74, 6) is 1.33. The Morgan fingerprint density at radius 1 is 1.47 bits per heavy atom. The monoisotopic (exact) mass is 301 g/mol. The van der Waals surface area contributed by atoms with Crippen LogP contribution in [-0.4, -0.2) is 19.2 Å². The lowest BCUT2D eigenvalue weighted by molar-refractivity contribution is 0.524. The van der Waals surface area contributed by atoms with Crippen molar-refractivity contribution in [3.63, 3.8) is 0 Å². The van der Waals surface area contributed by atoms with Crippen molar-refractivity contribution in [1.82, 2.24) is 4.98 Å². The van der Waals surface area contributed by atoms with E-state index in [1.807, 2.05) is 6.92 Å². The van der Waals surface area contributed by atoms with E-state index in [1.54, 1.807) is 17.5 Å². The van der Waals surface area contributed by atoms with Gasteiger partial charge in [-0.05, 0) is 18.6 Å². The molecule has 2 aromatic heterocycles. The molecule has 2 rings (SSSR count). The Morgan fingerprint density at radius 2 is 2.26 bits per heavy atom. The molecule has 104 valence electrons. The number of nitrogens with one attached hydrogen (secondary N) is 1. The Bertz CT molecular complexity index is 646. The fraction of sp³-hybridized carbons (Fsp3) is 0.364. The van der Waals surface area contributed by atoms with Crippen molar-refractivity contribution >= 4 is 26.5 Å². The van der Waals surface area contributed by atoms with Gasteiger partial charge in [-0.3, -0.25) is 4.72 Å². The summed E-state index contributed by atoms with van der Waals surface area (Å²) >= 11 is 1.22. The molecule has 0 saturated heterocycles. The predicted molar refractivity (Wildman–Crippen MR) is 75.4 cm³/mol. The van der Waals surface area contributed by atoms with Gasteiger partial charge in [0, 0.05) is 5.38 Å². The zero-order valence-electron chi connectivity index (χ0n) is 10.4. The second-order valence-electron chi connectivity index (χ2n) is 3.93. The number of anilines is 1. The molecule has 0 amide bonds. The lowest BCUT2D eigenvalue weighted by atomic mass is 10.3. The number of aromatic nitrogens is 1. The molecule has 19 heavy (non-hydrogen) atoms. The van der Waals surface area contributed by atoms with E-state index >= 15 is 0 Å². The Kier molecular flexibility index (Phi) is 4.23. The molecule has 0 radical (unpaired) electrons. The van der Waals surface area contributed by atoms with Gasteiger partial charge in [-0.25, -0.2) is 13.4 Å². The lowest BCUT2D eigenvalue weighted by Gasteiger charge is -2.01. The second kappa shape index (κ2) is 5.72.